The maximum atomic E-state index is 10.6. The Bertz CT molecular complexity index is 439. The first kappa shape index (κ1) is 12.7. The Kier molecular flexibility index (Phi) is 3.75. The number of nitro groups is 1. The second-order valence-corrected chi connectivity index (χ2v) is 4.10. The Morgan fingerprint density at radius 3 is 2.94 bits per heavy atom. The van der Waals surface area contributed by atoms with Crippen LogP contribution < -0.4 is 5.32 Å². The Hall–Kier alpha value is -1.70. The van der Waals surface area contributed by atoms with Crippen LogP contribution in [0.1, 0.15) is 6.42 Å². The van der Waals surface area contributed by atoms with Crippen molar-refractivity contribution < 1.29 is 19.9 Å². The molecule has 3 N–H and O–H groups in total. The van der Waals surface area contributed by atoms with Crippen LogP contribution in [-0.2, 0) is 4.74 Å². The molecule has 1 fully saturated rings. The summed E-state index contributed by atoms with van der Waals surface area (Å²) in [7, 11) is 0. The van der Waals surface area contributed by atoms with Crippen molar-refractivity contribution in [2.75, 3.05) is 11.9 Å². The summed E-state index contributed by atoms with van der Waals surface area (Å²) >= 11 is 0. The standard InChI is InChI=1S/C11H14N2O5/c14-6-10-9(15)5-11(18-10)12-7-2-1-3-8(4-7)13(16)17/h1-4,9-12,14-15H,5-6H2. The van der Waals surface area contributed by atoms with Crippen molar-refractivity contribution in [2.45, 2.75) is 24.9 Å². The van der Waals surface area contributed by atoms with Gasteiger partial charge in [0.25, 0.3) is 5.69 Å². The van der Waals surface area contributed by atoms with Crippen molar-refractivity contribution in [1.29, 1.82) is 0 Å². The lowest BCUT2D eigenvalue weighted by Crippen LogP contribution is -2.25. The molecule has 7 nitrogen and oxygen atoms in total. The van der Waals surface area contributed by atoms with Crippen molar-refractivity contribution in [3.63, 3.8) is 0 Å². The topological polar surface area (TPSA) is 105 Å². The maximum Gasteiger partial charge on any atom is 0.271 e. The van der Waals surface area contributed by atoms with Crippen LogP contribution in [0.25, 0.3) is 0 Å². The Morgan fingerprint density at radius 1 is 1.56 bits per heavy atom. The number of rotatable bonds is 4. The highest BCUT2D eigenvalue weighted by atomic mass is 16.6. The van der Waals surface area contributed by atoms with E-state index in [1.807, 2.05) is 0 Å². The highest BCUT2D eigenvalue weighted by molar-refractivity contribution is 5.51. The van der Waals surface area contributed by atoms with E-state index in [1.54, 1.807) is 12.1 Å². The molecule has 0 saturated carbocycles. The van der Waals surface area contributed by atoms with Crippen LogP contribution in [0.5, 0.6) is 0 Å². The summed E-state index contributed by atoms with van der Waals surface area (Å²) in [6, 6.07) is 6.03. The molecule has 1 heterocycles. The van der Waals surface area contributed by atoms with Gasteiger partial charge in [-0.2, -0.15) is 0 Å². The minimum absolute atomic E-state index is 0.0164. The van der Waals surface area contributed by atoms with Gasteiger partial charge in [-0.15, -0.1) is 0 Å². The van der Waals surface area contributed by atoms with Gasteiger partial charge in [0, 0.05) is 24.2 Å². The molecule has 0 aliphatic carbocycles. The summed E-state index contributed by atoms with van der Waals surface area (Å²) in [5.41, 5.74) is 0.525. The number of aliphatic hydroxyl groups is 2. The molecule has 0 amide bonds. The predicted octanol–water partition coefficient (Wildman–Crippen LogP) is 0.475. The van der Waals surface area contributed by atoms with Crippen molar-refractivity contribution in [3.8, 4) is 0 Å². The molecule has 3 atom stereocenters. The fraction of sp³-hybridized carbons (Fsp3) is 0.455. The molecule has 0 radical (unpaired) electrons. The molecule has 3 unspecified atom stereocenters. The van der Waals surface area contributed by atoms with E-state index in [0.717, 1.165) is 0 Å². The van der Waals surface area contributed by atoms with Crippen molar-refractivity contribution in [2.24, 2.45) is 0 Å². The first-order valence-electron chi connectivity index (χ1n) is 5.55. The molecule has 1 aromatic carbocycles. The van der Waals surface area contributed by atoms with Gasteiger partial charge < -0.3 is 20.3 Å². The number of hydrogen-bond donors (Lipinski definition) is 3. The molecule has 1 aliphatic heterocycles. The second kappa shape index (κ2) is 5.30. The quantitative estimate of drug-likeness (QED) is 0.533. The SMILES string of the molecule is O=[N+]([O-])c1cccc(NC2CC(O)C(CO)O2)c1. The van der Waals surface area contributed by atoms with Crippen LogP contribution in [0.3, 0.4) is 0 Å². The number of nitrogens with one attached hydrogen (secondary N) is 1. The van der Waals surface area contributed by atoms with Crippen molar-refractivity contribution in [1.82, 2.24) is 0 Å². The minimum atomic E-state index is -0.730. The number of hydrogen-bond acceptors (Lipinski definition) is 6. The number of nitro benzene ring substituents is 1. The number of nitrogens with zero attached hydrogens (tertiary/aromatic N) is 1. The Balaban J connectivity index is 2.02. The second-order valence-electron chi connectivity index (χ2n) is 4.10. The first-order chi connectivity index (χ1) is 8.60. The fourth-order valence-electron chi connectivity index (χ4n) is 1.88. The highest BCUT2D eigenvalue weighted by Crippen LogP contribution is 2.24. The average Bonchev–Trinajstić information content (AvgIpc) is 2.69. The average molecular weight is 254 g/mol. The highest BCUT2D eigenvalue weighted by Gasteiger charge is 2.33. The van der Waals surface area contributed by atoms with E-state index < -0.39 is 23.4 Å². The van der Waals surface area contributed by atoms with Gasteiger partial charge >= 0.3 is 0 Å². The number of benzene rings is 1. The van der Waals surface area contributed by atoms with Crippen molar-refractivity contribution >= 4 is 11.4 Å². The molecule has 0 aromatic heterocycles. The molecule has 2 rings (SSSR count). The van der Waals surface area contributed by atoms with Crippen LogP contribution in [0.2, 0.25) is 0 Å². The van der Waals surface area contributed by atoms with Crippen LogP contribution in [-0.4, -0.2) is 40.2 Å². The largest absolute Gasteiger partial charge is 0.394 e. The molecule has 18 heavy (non-hydrogen) atoms. The molecule has 0 bridgehead atoms. The van der Waals surface area contributed by atoms with E-state index in [0.29, 0.717) is 12.1 Å². The lowest BCUT2D eigenvalue weighted by Gasteiger charge is -2.14. The molecule has 1 aromatic rings. The molecule has 7 heteroatoms. The van der Waals surface area contributed by atoms with Gasteiger partial charge in [0.05, 0.1) is 17.6 Å². The zero-order valence-corrected chi connectivity index (χ0v) is 9.52. The first-order valence-corrected chi connectivity index (χ1v) is 5.55. The van der Waals surface area contributed by atoms with Gasteiger partial charge in [-0.1, -0.05) is 6.07 Å². The molecule has 98 valence electrons. The summed E-state index contributed by atoms with van der Waals surface area (Å²) in [4.78, 5) is 10.1. The van der Waals surface area contributed by atoms with Crippen LogP contribution in [0.15, 0.2) is 24.3 Å². The van der Waals surface area contributed by atoms with Crippen LogP contribution in [0.4, 0.5) is 11.4 Å². The van der Waals surface area contributed by atoms with Gasteiger partial charge in [0.2, 0.25) is 0 Å². The van der Waals surface area contributed by atoms with Gasteiger partial charge in [0.15, 0.2) is 0 Å². The Labute approximate surface area is 103 Å². The summed E-state index contributed by atoms with van der Waals surface area (Å²) < 4.78 is 5.35. The normalized spacial score (nSPS) is 27.1. The molecule has 1 aliphatic rings. The van der Waals surface area contributed by atoms with Gasteiger partial charge in [-0.05, 0) is 6.07 Å². The zero-order valence-electron chi connectivity index (χ0n) is 9.52. The fourth-order valence-corrected chi connectivity index (χ4v) is 1.88. The summed E-state index contributed by atoms with van der Waals surface area (Å²) in [6.07, 6.45) is -1.47. The molecule has 1 saturated heterocycles. The van der Waals surface area contributed by atoms with Crippen LogP contribution in [0, 0.1) is 10.1 Å². The summed E-state index contributed by atoms with van der Waals surface area (Å²) in [6.45, 7) is -0.256. The van der Waals surface area contributed by atoms with E-state index >= 15 is 0 Å². The van der Waals surface area contributed by atoms with E-state index in [9.17, 15) is 15.2 Å². The number of aliphatic hydroxyl groups excluding tert-OH is 2. The van der Waals surface area contributed by atoms with E-state index in [1.165, 1.54) is 12.1 Å². The zero-order chi connectivity index (χ0) is 13.1. The molecule has 0 spiro atoms. The molecular weight excluding hydrogens is 240 g/mol. The third-order valence-electron chi connectivity index (χ3n) is 2.79. The van der Waals surface area contributed by atoms with Gasteiger partial charge in [-0.25, -0.2) is 0 Å². The monoisotopic (exact) mass is 254 g/mol. The van der Waals surface area contributed by atoms with E-state index in [2.05, 4.69) is 5.32 Å². The van der Waals surface area contributed by atoms with E-state index in [-0.39, 0.29) is 12.3 Å². The number of anilines is 1. The molecular formula is C11H14N2O5. The lowest BCUT2D eigenvalue weighted by atomic mass is 10.2. The third kappa shape index (κ3) is 2.76. The number of ether oxygens (including phenoxy) is 1. The Morgan fingerprint density at radius 2 is 2.33 bits per heavy atom. The van der Waals surface area contributed by atoms with Gasteiger partial charge in [0.1, 0.15) is 12.3 Å². The third-order valence-corrected chi connectivity index (χ3v) is 2.79. The number of non-ortho nitro benzene ring substituents is 1. The van der Waals surface area contributed by atoms with Crippen LogP contribution >= 0.6 is 0 Å². The van der Waals surface area contributed by atoms with Crippen molar-refractivity contribution in [3.05, 3.63) is 34.4 Å². The minimum Gasteiger partial charge on any atom is -0.394 e. The van der Waals surface area contributed by atoms with Gasteiger partial charge in [-0.3, -0.25) is 10.1 Å². The maximum absolute atomic E-state index is 10.6. The summed E-state index contributed by atoms with van der Waals surface area (Å²) in [5.74, 6) is 0. The van der Waals surface area contributed by atoms with E-state index in [4.69, 9.17) is 9.84 Å². The predicted molar refractivity (Wildman–Crippen MR) is 63.1 cm³/mol. The smallest absolute Gasteiger partial charge is 0.271 e. The summed E-state index contributed by atoms with van der Waals surface area (Å²) in [5, 5.41) is 32.0. The lowest BCUT2D eigenvalue weighted by molar-refractivity contribution is -0.384.